The summed E-state index contributed by atoms with van der Waals surface area (Å²) in [5.74, 6) is 0.699. The first-order chi connectivity index (χ1) is 11.9. The molecule has 0 atom stereocenters. The largest absolute Gasteiger partial charge is 0.361 e. The predicted octanol–water partition coefficient (Wildman–Crippen LogP) is 4.26. The highest BCUT2D eigenvalue weighted by atomic mass is 35.5. The van der Waals surface area contributed by atoms with Gasteiger partial charge in [-0.1, -0.05) is 42.7 Å². The number of anilines is 1. The van der Waals surface area contributed by atoms with E-state index in [9.17, 15) is 4.79 Å². The molecule has 1 N–H and O–H groups in total. The van der Waals surface area contributed by atoms with Gasteiger partial charge >= 0.3 is 0 Å². The molecule has 2 heterocycles. The Morgan fingerprint density at radius 2 is 2.04 bits per heavy atom. The maximum atomic E-state index is 12.6. The highest BCUT2D eigenvalue weighted by Gasteiger charge is 2.20. The average Bonchev–Trinajstić information content (AvgIpc) is 3.15. The molecular weight excluding hydrogens is 340 g/mol. The number of benzene rings is 1. The van der Waals surface area contributed by atoms with E-state index in [1.807, 2.05) is 24.3 Å². The Hall–Kier alpha value is -2.60. The standard InChI is InChI=1S/C18H19ClN4O2/c1-11(2)13-4-6-15(7-5-13)21-18(24)17-16(12(3)25-22-17)10-23-9-14(19)8-20-23/h4-9,11H,10H2,1-3H3,(H,21,24). The SMILES string of the molecule is Cc1onc(C(=O)Nc2ccc(C(C)C)cc2)c1Cn1cc(Cl)cn1. The summed E-state index contributed by atoms with van der Waals surface area (Å²) >= 11 is 5.88. The number of halogens is 1. The van der Waals surface area contributed by atoms with Crippen LogP contribution in [0.4, 0.5) is 5.69 Å². The van der Waals surface area contributed by atoms with Crippen LogP contribution in [0.2, 0.25) is 5.02 Å². The molecule has 0 saturated heterocycles. The summed E-state index contributed by atoms with van der Waals surface area (Å²) in [5, 5.41) is 11.4. The molecule has 25 heavy (non-hydrogen) atoms. The molecule has 6 nitrogen and oxygen atoms in total. The Kier molecular flexibility index (Phi) is 4.90. The maximum Gasteiger partial charge on any atom is 0.278 e. The van der Waals surface area contributed by atoms with Crippen molar-refractivity contribution < 1.29 is 9.32 Å². The van der Waals surface area contributed by atoms with Crippen molar-refractivity contribution in [3.63, 3.8) is 0 Å². The molecule has 0 saturated carbocycles. The molecule has 0 fully saturated rings. The minimum atomic E-state index is -0.317. The number of aromatic nitrogens is 3. The van der Waals surface area contributed by atoms with Crippen LogP contribution >= 0.6 is 11.6 Å². The number of carbonyl (C=O) groups is 1. The third-order valence-corrected chi connectivity index (χ3v) is 4.15. The molecule has 0 unspecified atom stereocenters. The summed E-state index contributed by atoms with van der Waals surface area (Å²) in [6.07, 6.45) is 3.22. The second-order valence-corrected chi connectivity index (χ2v) is 6.59. The Labute approximate surface area is 150 Å². The third kappa shape index (κ3) is 3.91. The number of hydrogen-bond acceptors (Lipinski definition) is 4. The molecule has 0 aliphatic carbocycles. The average molecular weight is 359 g/mol. The van der Waals surface area contributed by atoms with Gasteiger partial charge in [0.05, 0.1) is 17.8 Å². The fourth-order valence-electron chi connectivity index (χ4n) is 2.48. The molecular formula is C18H19ClN4O2. The second-order valence-electron chi connectivity index (χ2n) is 6.15. The van der Waals surface area contributed by atoms with E-state index in [0.717, 1.165) is 0 Å². The van der Waals surface area contributed by atoms with Crippen LogP contribution in [0.15, 0.2) is 41.2 Å². The molecule has 0 radical (unpaired) electrons. The van der Waals surface area contributed by atoms with Crippen LogP contribution in [0.25, 0.3) is 0 Å². The van der Waals surface area contributed by atoms with Gasteiger partial charge in [0.1, 0.15) is 5.76 Å². The van der Waals surface area contributed by atoms with Crippen LogP contribution in [0.3, 0.4) is 0 Å². The van der Waals surface area contributed by atoms with Crippen molar-refractivity contribution in [1.82, 2.24) is 14.9 Å². The fourth-order valence-corrected chi connectivity index (χ4v) is 2.64. The van der Waals surface area contributed by atoms with Gasteiger partial charge in [-0.05, 0) is 30.5 Å². The van der Waals surface area contributed by atoms with Crippen molar-refractivity contribution in [2.75, 3.05) is 5.32 Å². The molecule has 0 aliphatic heterocycles. The van der Waals surface area contributed by atoms with E-state index in [2.05, 4.69) is 29.4 Å². The Morgan fingerprint density at radius 1 is 1.32 bits per heavy atom. The molecule has 130 valence electrons. The van der Waals surface area contributed by atoms with Crippen LogP contribution < -0.4 is 5.32 Å². The van der Waals surface area contributed by atoms with Gasteiger partial charge in [0, 0.05) is 17.4 Å². The van der Waals surface area contributed by atoms with Crippen molar-refractivity contribution in [1.29, 1.82) is 0 Å². The first-order valence-corrected chi connectivity index (χ1v) is 8.36. The summed E-state index contributed by atoms with van der Waals surface area (Å²) in [5.41, 5.74) is 2.85. The van der Waals surface area contributed by atoms with E-state index in [1.54, 1.807) is 24.0 Å². The number of rotatable bonds is 5. The number of nitrogens with zero attached hydrogens (tertiary/aromatic N) is 3. The number of aryl methyl sites for hydroxylation is 1. The van der Waals surface area contributed by atoms with Gasteiger partial charge in [0.15, 0.2) is 5.69 Å². The summed E-state index contributed by atoms with van der Waals surface area (Å²) < 4.78 is 6.83. The zero-order valence-corrected chi connectivity index (χ0v) is 15.0. The summed E-state index contributed by atoms with van der Waals surface area (Å²) in [7, 11) is 0. The summed E-state index contributed by atoms with van der Waals surface area (Å²) in [4.78, 5) is 12.6. The highest BCUT2D eigenvalue weighted by Crippen LogP contribution is 2.20. The molecule has 7 heteroatoms. The Bertz CT molecular complexity index is 881. The monoisotopic (exact) mass is 358 g/mol. The van der Waals surface area contributed by atoms with Gasteiger partial charge in [-0.15, -0.1) is 0 Å². The zero-order chi connectivity index (χ0) is 18.0. The smallest absolute Gasteiger partial charge is 0.278 e. The topological polar surface area (TPSA) is 73.0 Å². The first kappa shape index (κ1) is 17.2. The van der Waals surface area contributed by atoms with Crippen LogP contribution in [-0.4, -0.2) is 20.8 Å². The minimum Gasteiger partial charge on any atom is -0.361 e. The molecule has 0 bridgehead atoms. The van der Waals surface area contributed by atoms with Crippen molar-refractivity contribution in [3.05, 3.63) is 64.3 Å². The van der Waals surface area contributed by atoms with Crippen molar-refractivity contribution in [3.8, 4) is 0 Å². The molecule has 2 aromatic heterocycles. The fraction of sp³-hybridized carbons (Fsp3) is 0.278. The lowest BCUT2D eigenvalue weighted by atomic mass is 10.0. The highest BCUT2D eigenvalue weighted by molar-refractivity contribution is 6.30. The van der Waals surface area contributed by atoms with Gasteiger partial charge in [-0.2, -0.15) is 5.10 Å². The zero-order valence-electron chi connectivity index (χ0n) is 14.3. The van der Waals surface area contributed by atoms with Crippen LogP contribution in [0, 0.1) is 6.92 Å². The van der Waals surface area contributed by atoms with Gasteiger partial charge in [0.25, 0.3) is 5.91 Å². The number of amides is 1. The lowest BCUT2D eigenvalue weighted by molar-refractivity contribution is 0.101. The first-order valence-electron chi connectivity index (χ1n) is 7.98. The van der Waals surface area contributed by atoms with Crippen LogP contribution in [0.5, 0.6) is 0 Å². The molecule has 3 rings (SSSR count). The van der Waals surface area contributed by atoms with E-state index in [-0.39, 0.29) is 11.6 Å². The minimum absolute atomic E-state index is 0.247. The van der Waals surface area contributed by atoms with Gasteiger partial charge in [0.2, 0.25) is 0 Å². The second kappa shape index (κ2) is 7.11. The number of carbonyl (C=O) groups excluding carboxylic acids is 1. The van der Waals surface area contributed by atoms with Crippen LogP contribution in [0.1, 0.15) is 47.1 Å². The molecule has 1 amide bonds. The lowest BCUT2D eigenvalue weighted by Crippen LogP contribution is -2.16. The molecule has 3 aromatic rings. The van der Waals surface area contributed by atoms with E-state index in [1.165, 1.54) is 5.56 Å². The molecule has 0 spiro atoms. The normalized spacial score (nSPS) is 11.1. The summed E-state index contributed by atoms with van der Waals surface area (Å²) in [6, 6.07) is 7.77. The van der Waals surface area contributed by atoms with Crippen LogP contribution in [-0.2, 0) is 6.54 Å². The van der Waals surface area contributed by atoms with Gasteiger partial charge in [-0.25, -0.2) is 0 Å². The molecule has 0 aliphatic rings. The predicted molar refractivity (Wildman–Crippen MR) is 96.1 cm³/mol. The van der Waals surface area contributed by atoms with E-state index in [4.69, 9.17) is 16.1 Å². The van der Waals surface area contributed by atoms with Crippen molar-refractivity contribution in [2.45, 2.75) is 33.2 Å². The van der Waals surface area contributed by atoms with Gasteiger partial charge in [-0.3, -0.25) is 9.48 Å². The van der Waals surface area contributed by atoms with Crippen molar-refractivity contribution in [2.24, 2.45) is 0 Å². The van der Waals surface area contributed by atoms with Gasteiger partial charge < -0.3 is 9.84 Å². The Balaban J connectivity index is 1.78. The van der Waals surface area contributed by atoms with Crippen molar-refractivity contribution >= 4 is 23.2 Å². The number of nitrogens with one attached hydrogen (secondary N) is 1. The summed E-state index contributed by atoms with van der Waals surface area (Å²) in [6.45, 7) is 6.37. The Morgan fingerprint density at radius 3 is 2.64 bits per heavy atom. The van der Waals surface area contributed by atoms with E-state index in [0.29, 0.717) is 34.5 Å². The van der Waals surface area contributed by atoms with E-state index >= 15 is 0 Å². The third-order valence-electron chi connectivity index (χ3n) is 3.96. The number of hydrogen-bond donors (Lipinski definition) is 1. The maximum absolute atomic E-state index is 12.6. The quantitative estimate of drug-likeness (QED) is 0.739. The lowest BCUT2D eigenvalue weighted by Gasteiger charge is -2.08. The van der Waals surface area contributed by atoms with E-state index < -0.39 is 0 Å². The molecule has 1 aromatic carbocycles.